The maximum Gasteiger partial charge on any atom is 0.406 e. The van der Waals surface area contributed by atoms with Crippen LogP contribution in [0, 0.1) is 11.6 Å². The molecule has 114 valence electrons. The molecule has 1 aromatic carbocycles. The third-order valence-corrected chi connectivity index (χ3v) is 4.11. The second-order valence-corrected chi connectivity index (χ2v) is 6.82. The first-order valence-corrected chi connectivity index (χ1v) is 8.37. The van der Waals surface area contributed by atoms with E-state index in [-0.39, 0.29) is 18.0 Å². The van der Waals surface area contributed by atoms with Crippen LogP contribution >= 0.6 is 7.60 Å². The summed E-state index contributed by atoms with van der Waals surface area (Å²) >= 11 is 0. The zero-order chi connectivity index (χ0) is 16.0. The number of hydrogen-bond acceptors (Lipinski definition) is 4. The molecule has 0 atom stereocenters. The normalized spacial score (nSPS) is 11.4. The van der Waals surface area contributed by atoms with E-state index in [2.05, 4.69) is 11.6 Å². The molecule has 1 aromatic rings. The van der Waals surface area contributed by atoms with Gasteiger partial charge in [0.25, 0.3) is 0 Å². The molecule has 0 heterocycles. The highest BCUT2D eigenvalue weighted by Crippen LogP contribution is 2.49. The summed E-state index contributed by atoms with van der Waals surface area (Å²) in [6.07, 6.45) is -0.493. The van der Waals surface area contributed by atoms with Crippen molar-refractivity contribution in [2.24, 2.45) is 0 Å². The Bertz CT molecular complexity index is 577. The highest BCUT2D eigenvalue weighted by atomic mass is 31.2. The van der Waals surface area contributed by atoms with E-state index in [1.54, 1.807) is 52.0 Å². The quantitative estimate of drug-likeness (QED) is 0.464. The van der Waals surface area contributed by atoms with Crippen molar-refractivity contribution in [3.05, 3.63) is 35.4 Å². The minimum absolute atomic E-state index is 0.00790. The van der Waals surface area contributed by atoms with Crippen molar-refractivity contribution in [2.45, 2.75) is 46.8 Å². The standard InChI is InChI=1S/C16H21O4P/c1-12(2)19-21(18,20-13(3)4)11-10-15-6-8-16(9-7-15)14(5)17/h6-9,12-13H,1-5H3. The number of rotatable bonds is 5. The summed E-state index contributed by atoms with van der Waals surface area (Å²) in [4.78, 5) is 11.2. The SMILES string of the molecule is CC(=O)c1ccc(C#CP(=O)(OC(C)C)OC(C)C)cc1. The second-order valence-electron chi connectivity index (χ2n) is 5.18. The molecule has 0 radical (unpaired) electrons. The summed E-state index contributed by atoms with van der Waals surface area (Å²) in [5, 5.41) is 0. The number of hydrogen-bond donors (Lipinski definition) is 0. The minimum atomic E-state index is -3.46. The molecule has 0 N–H and O–H groups in total. The van der Waals surface area contributed by atoms with Crippen LogP contribution in [0.25, 0.3) is 0 Å². The van der Waals surface area contributed by atoms with Crippen molar-refractivity contribution in [3.63, 3.8) is 0 Å². The molecule has 1 rings (SSSR count). The van der Waals surface area contributed by atoms with Crippen LogP contribution < -0.4 is 0 Å². The molecular weight excluding hydrogens is 287 g/mol. The van der Waals surface area contributed by atoms with Gasteiger partial charge in [-0.1, -0.05) is 18.1 Å². The summed E-state index contributed by atoms with van der Waals surface area (Å²) in [5.41, 5.74) is 3.86. The van der Waals surface area contributed by atoms with E-state index < -0.39 is 7.60 Å². The molecule has 0 spiro atoms. The first-order chi connectivity index (χ1) is 9.72. The van der Waals surface area contributed by atoms with Gasteiger partial charge in [0.2, 0.25) is 0 Å². The molecule has 0 amide bonds. The van der Waals surface area contributed by atoms with Crippen molar-refractivity contribution in [1.82, 2.24) is 0 Å². The van der Waals surface area contributed by atoms with Gasteiger partial charge >= 0.3 is 7.60 Å². The molecule has 0 fully saturated rings. The molecule has 4 nitrogen and oxygen atoms in total. The van der Waals surface area contributed by atoms with E-state index in [1.165, 1.54) is 6.92 Å². The van der Waals surface area contributed by atoms with E-state index in [0.29, 0.717) is 11.1 Å². The summed E-state index contributed by atoms with van der Waals surface area (Å²) in [6.45, 7) is 8.61. The third-order valence-electron chi connectivity index (χ3n) is 2.33. The lowest BCUT2D eigenvalue weighted by molar-refractivity contribution is 0.101. The van der Waals surface area contributed by atoms with Crippen molar-refractivity contribution in [1.29, 1.82) is 0 Å². The largest absolute Gasteiger partial charge is 0.406 e. The Morgan fingerprint density at radius 3 is 1.90 bits per heavy atom. The Labute approximate surface area is 126 Å². The van der Waals surface area contributed by atoms with Crippen LogP contribution in [0.1, 0.15) is 50.5 Å². The Hall–Kier alpha value is -1.40. The number of carbonyl (C=O) groups excluding carboxylic acids is 1. The van der Waals surface area contributed by atoms with Gasteiger partial charge < -0.3 is 0 Å². The van der Waals surface area contributed by atoms with Gasteiger partial charge in [-0.15, -0.1) is 0 Å². The first kappa shape index (κ1) is 17.7. The predicted molar refractivity (Wildman–Crippen MR) is 83.4 cm³/mol. The van der Waals surface area contributed by atoms with Gasteiger partial charge in [0.15, 0.2) is 5.78 Å². The van der Waals surface area contributed by atoms with Crippen molar-refractivity contribution < 1.29 is 18.4 Å². The van der Waals surface area contributed by atoms with E-state index in [9.17, 15) is 9.36 Å². The van der Waals surface area contributed by atoms with E-state index in [4.69, 9.17) is 9.05 Å². The van der Waals surface area contributed by atoms with Crippen molar-refractivity contribution >= 4 is 13.4 Å². The fourth-order valence-electron chi connectivity index (χ4n) is 1.55. The highest BCUT2D eigenvalue weighted by Gasteiger charge is 2.25. The van der Waals surface area contributed by atoms with Crippen LogP contribution in [0.5, 0.6) is 0 Å². The summed E-state index contributed by atoms with van der Waals surface area (Å²) in [6, 6.07) is 6.78. The molecule has 0 saturated heterocycles. The zero-order valence-corrected chi connectivity index (χ0v) is 13.9. The van der Waals surface area contributed by atoms with E-state index in [0.717, 1.165) is 0 Å². The molecule has 0 aliphatic carbocycles. The van der Waals surface area contributed by atoms with Crippen LogP contribution in [0.4, 0.5) is 0 Å². The van der Waals surface area contributed by atoms with Gasteiger partial charge in [0.05, 0.1) is 12.2 Å². The molecule has 5 heteroatoms. The zero-order valence-electron chi connectivity index (χ0n) is 13.0. The van der Waals surface area contributed by atoms with Gasteiger partial charge in [0.1, 0.15) is 0 Å². The maximum absolute atomic E-state index is 12.5. The summed E-state index contributed by atoms with van der Waals surface area (Å²) < 4.78 is 23.2. The highest BCUT2D eigenvalue weighted by molar-refractivity contribution is 7.59. The molecule has 0 unspecified atom stereocenters. The Balaban J connectivity index is 2.98. The number of carbonyl (C=O) groups is 1. The lowest BCUT2D eigenvalue weighted by Gasteiger charge is -2.17. The molecule has 0 aliphatic heterocycles. The van der Waals surface area contributed by atoms with Gasteiger partial charge in [-0.2, -0.15) is 0 Å². The van der Waals surface area contributed by atoms with Crippen LogP contribution in [0.2, 0.25) is 0 Å². The lowest BCUT2D eigenvalue weighted by atomic mass is 10.1. The fourth-order valence-corrected chi connectivity index (χ4v) is 3.09. The minimum Gasteiger partial charge on any atom is -0.297 e. The predicted octanol–water partition coefficient (Wildman–Crippen LogP) is 4.24. The molecule has 0 aliphatic rings. The van der Waals surface area contributed by atoms with Gasteiger partial charge in [0, 0.05) is 16.8 Å². The smallest absolute Gasteiger partial charge is 0.297 e. The van der Waals surface area contributed by atoms with Gasteiger partial charge in [-0.3, -0.25) is 13.8 Å². The molecule has 0 saturated carbocycles. The molecular formula is C16H21O4P. The topological polar surface area (TPSA) is 52.6 Å². The van der Waals surface area contributed by atoms with Crippen molar-refractivity contribution in [3.8, 4) is 11.6 Å². The van der Waals surface area contributed by atoms with E-state index >= 15 is 0 Å². The molecule has 21 heavy (non-hydrogen) atoms. The molecule has 0 aromatic heterocycles. The lowest BCUT2D eigenvalue weighted by Crippen LogP contribution is -2.06. The molecule has 0 bridgehead atoms. The number of Topliss-reactive ketones (excluding diaryl/α,β-unsaturated/α-hetero) is 1. The maximum atomic E-state index is 12.5. The Morgan fingerprint density at radius 1 is 1.05 bits per heavy atom. The third kappa shape index (κ3) is 6.27. The number of ketones is 1. The number of benzene rings is 1. The second kappa shape index (κ2) is 7.56. The van der Waals surface area contributed by atoms with Gasteiger partial charge in [-0.05, 0) is 46.8 Å². The van der Waals surface area contributed by atoms with Crippen LogP contribution in [-0.4, -0.2) is 18.0 Å². The average Bonchev–Trinajstić information content (AvgIpc) is 2.35. The van der Waals surface area contributed by atoms with Crippen molar-refractivity contribution in [2.75, 3.05) is 0 Å². The first-order valence-electron chi connectivity index (χ1n) is 6.83. The van der Waals surface area contributed by atoms with Gasteiger partial charge in [-0.25, -0.2) is 4.57 Å². The summed E-state index contributed by atoms with van der Waals surface area (Å²) in [7, 11) is -3.46. The van der Waals surface area contributed by atoms with Crippen LogP contribution in [0.3, 0.4) is 0 Å². The summed E-state index contributed by atoms with van der Waals surface area (Å²) in [5.74, 6) is 2.78. The average molecular weight is 308 g/mol. The Morgan fingerprint density at radius 2 is 1.52 bits per heavy atom. The fraction of sp³-hybridized carbons (Fsp3) is 0.438. The monoisotopic (exact) mass is 308 g/mol. The Kier molecular flexibility index (Phi) is 6.36. The van der Waals surface area contributed by atoms with Crippen LogP contribution in [0.15, 0.2) is 24.3 Å². The van der Waals surface area contributed by atoms with Crippen LogP contribution in [-0.2, 0) is 13.6 Å². The van der Waals surface area contributed by atoms with E-state index in [1.807, 2.05) is 0 Å².